The van der Waals surface area contributed by atoms with Crippen LogP contribution in [0.1, 0.15) is 76.7 Å². The molecule has 1 rings (SSSR count). The SMILES string of the molecule is CCCCCCCCCCC(=O)[C@H](CC(N)=O)NC(=O)OCCc1ccccc1. The van der Waals surface area contributed by atoms with Crippen molar-refractivity contribution in [3.63, 3.8) is 0 Å². The van der Waals surface area contributed by atoms with Crippen molar-refractivity contribution in [3.8, 4) is 0 Å². The van der Waals surface area contributed by atoms with Crippen LogP contribution in [-0.2, 0) is 20.7 Å². The van der Waals surface area contributed by atoms with Crippen LogP contribution in [0.5, 0.6) is 0 Å². The summed E-state index contributed by atoms with van der Waals surface area (Å²) in [4.78, 5) is 35.7. The summed E-state index contributed by atoms with van der Waals surface area (Å²) in [5.74, 6) is -0.793. The molecule has 0 spiro atoms. The number of carbonyl (C=O) groups is 3. The quantitative estimate of drug-likeness (QED) is 0.401. The van der Waals surface area contributed by atoms with Gasteiger partial charge in [0.1, 0.15) is 0 Å². The van der Waals surface area contributed by atoms with Gasteiger partial charge in [-0.1, -0.05) is 82.2 Å². The van der Waals surface area contributed by atoms with E-state index in [4.69, 9.17) is 10.5 Å². The summed E-state index contributed by atoms with van der Waals surface area (Å²) in [7, 11) is 0. The Hall–Kier alpha value is -2.37. The van der Waals surface area contributed by atoms with Gasteiger partial charge in [-0.25, -0.2) is 4.79 Å². The van der Waals surface area contributed by atoms with E-state index in [1.54, 1.807) is 0 Å². The zero-order valence-electron chi connectivity index (χ0n) is 17.7. The van der Waals surface area contributed by atoms with Gasteiger partial charge < -0.3 is 15.8 Å². The Morgan fingerprint density at radius 1 is 0.966 bits per heavy atom. The van der Waals surface area contributed by atoms with E-state index >= 15 is 0 Å². The lowest BCUT2D eigenvalue weighted by molar-refractivity contribution is -0.125. The first-order valence-corrected chi connectivity index (χ1v) is 10.8. The van der Waals surface area contributed by atoms with Gasteiger partial charge in [0.05, 0.1) is 19.1 Å². The number of ketones is 1. The van der Waals surface area contributed by atoms with Crippen LogP contribution < -0.4 is 11.1 Å². The highest BCUT2D eigenvalue weighted by Gasteiger charge is 2.23. The molecule has 6 nitrogen and oxygen atoms in total. The molecule has 0 aliphatic heterocycles. The molecule has 162 valence electrons. The van der Waals surface area contributed by atoms with Crippen LogP contribution >= 0.6 is 0 Å². The predicted octanol–water partition coefficient (Wildman–Crippen LogP) is 4.30. The molecule has 0 aliphatic rings. The van der Waals surface area contributed by atoms with E-state index in [2.05, 4.69) is 12.2 Å². The maximum Gasteiger partial charge on any atom is 0.407 e. The molecule has 0 bridgehead atoms. The second kappa shape index (κ2) is 15.5. The number of benzene rings is 1. The number of unbranched alkanes of at least 4 members (excludes halogenated alkanes) is 7. The molecule has 0 saturated carbocycles. The molecule has 0 radical (unpaired) electrons. The molecule has 2 amide bonds. The van der Waals surface area contributed by atoms with Gasteiger partial charge >= 0.3 is 6.09 Å². The minimum Gasteiger partial charge on any atom is -0.449 e. The lowest BCUT2D eigenvalue weighted by Gasteiger charge is -2.16. The zero-order chi connectivity index (χ0) is 21.3. The Kier molecular flexibility index (Phi) is 13.2. The average molecular weight is 405 g/mol. The third-order valence-corrected chi connectivity index (χ3v) is 4.83. The number of hydrogen-bond donors (Lipinski definition) is 2. The first kappa shape index (κ1) is 24.7. The summed E-state index contributed by atoms with van der Waals surface area (Å²) in [6, 6.07) is 8.74. The number of ether oxygens (including phenoxy) is 1. The van der Waals surface area contributed by atoms with Gasteiger partial charge in [-0.2, -0.15) is 0 Å². The van der Waals surface area contributed by atoms with E-state index < -0.39 is 18.0 Å². The van der Waals surface area contributed by atoms with E-state index in [9.17, 15) is 14.4 Å². The Bertz CT molecular complexity index is 604. The second-order valence-electron chi connectivity index (χ2n) is 7.43. The lowest BCUT2D eigenvalue weighted by atomic mass is 10.0. The second-order valence-corrected chi connectivity index (χ2v) is 7.43. The molecule has 1 aromatic carbocycles. The van der Waals surface area contributed by atoms with Gasteiger partial charge in [-0.15, -0.1) is 0 Å². The van der Waals surface area contributed by atoms with Crippen LogP contribution in [0.4, 0.5) is 4.79 Å². The van der Waals surface area contributed by atoms with Crippen molar-refractivity contribution >= 4 is 17.8 Å². The van der Waals surface area contributed by atoms with Crippen LogP contribution in [0, 0.1) is 0 Å². The molecule has 0 unspecified atom stereocenters. The Balaban J connectivity index is 2.29. The molecule has 29 heavy (non-hydrogen) atoms. The van der Waals surface area contributed by atoms with Crippen molar-refractivity contribution in [2.45, 2.75) is 83.6 Å². The number of primary amides is 1. The van der Waals surface area contributed by atoms with Crippen LogP contribution in [0.2, 0.25) is 0 Å². The lowest BCUT2D eigenvalue weighted by Crippen LogP contribution is -2.43. The van der Waals surface area contributed by atoms with Crippen molar-refractivity contribution < 1.29 is 19.1 Å². The maximum atomic E-state index is 12.4. The molecule has 3 N–H and O–H groups in total. The number of amides is 2. The van der Waals surface area contributed by atoms with Gasteiger partial charge in [0.15, 0.2) is 5.78 Å². The van der Waals surface area contributed by atoms with Crippen molar-refractivity contribution in [1.82, 2.24) is 5.32 Å². The molecule has 0 aromatic heterocycles. The highest BCUT2D eigenvalue weighted by atomic mass is 16.5. The van der Waals surface area contributed by atoms with E-state index in [0.717, 1.165) is 24.8 Å². The Morgan fingerprint density at radius 3 is 2.21 bits per heavy atom. The highest BCUT2D eigenvalue weighted by Crippen LogP contribution is 2.11. The Labute approximate surface area is 174 Å². The van der Waals surface area contributed by atoms with E-state index in [-0.39, 0.29) is 18.8 Å². The van der Waals surface area contributed by atoms with E-state index in [1.165, 1.54) is 32.1 Å². The number of alkyl carbamates (subject to hydrolysis) is 1. The summed E-state index contributed by atoms with van der Waals surface area (Å²) < 4.78 is 5.14. The van der Waals surface area contributed by atoms with Crippen molar-refractivity contribution in [2.24, 2.45) is 5.73 Å². The molecular weight excluding hydrogens is 368 g/mol. The first-order chi connectivity index (χ1) is 14.0. The summed E-state index contributed by atoms with van der Waals surface area (Å²) >= 11 is 0. The Morgan fingerprint density at radius 2 is 1.59 bits per heavy atom. The summed E-state index contributed by atoms with van der Waals surface area (Å²) in [5, 5.41) is 2.50. The monoisotopic (exact) mass is 404 g/mol. The fourth-order valence-electron chi connectivity index (χ4n) is 3.14. The number of rotatable bonds is 16. The minimum atomic E-state index is -0.915. The van der Waals surface area contributed by atoms with Gasteiger partial charge in [0.25, 0.3) is 0 Å². The zero-order valence-corrected chi connectivity index (χ0v) is 17.7. The normalized spacial score (nSPS) is 11.6. The number of Topliss-reactive ketones (excluding diaryl/α,β-unsaturated/α-hetero) is 1. The number of hydrogen-bond acceptors (Lipinski definition) is 4. The van der Waals surface area contributed by atoms with Gasteiger partial charge in [-0.3, -0.25) is 9.59 Å². The molecular formula is C23H36N2O4. The first-order valence-electron chi connectivity index (χ1n) is 10.8. The summed E-state index contributed by atoms with van der Waals surface area (Å²) in [6.45, 7) is 2.40. The fourth-order valence-corrected chi connectivity index (χ4v) is 3.14. The molecule has 0 saturated heterocycles. The van der Waals surface area contributed by atoms with Crippen molar-refractivity contribution in [1.29, 1.82) is 0 Å². The highest BCUT2D eigenvalue weighted by molar-refractivity contribution is 5.91. The van der Waals surface area contributed by atoms with Gasteiger partial charge in [-0.05, 0) is 12.0 Å². The standard InChI is InChI=1S/C23H36N2O4/c1-2-3-4-5-6-7-8-12-15-21(26)20(18-22(24)27)25-23(28)29-17-16-19-13-10-9-11-14-19/h9-11,13-14,20H,2-8,12,15-18H2,1H3,(H2,24,27)(H,25,28)/t20-/m0/s1. The average Bonchev–Trinajstić information content (AvgIpc) is 2.70. The van der Waals surface area contributed by atoms with E-state index in [0.29, 0.717) is 12.8 Å². The van der Waals surface area contributed by atoms with Crippen LogP contribution in [-0.4, -0.2) is 30.4 Å². The van der Waals surface area contributed by atoms with Crippen LogP contribution in [0.25, 0.3) is 0 Å². The fraction of sp³-hybridized carbons (Fsp3) is 0.609. The van der Waals surface area contributed by atoms with Crippen LogP contribution in [0.15, 0.2) is 30.3 Å². The predicted molar refractivity (Wildman–Crippen MR) is 114 cm³/mol. The largest absolute Gasteiger partial charge is 0.449 e. The smallest absolute Gasteiger partial charge is 0.407 e. The summed E-state index contributed by atoms with van der Waals surface area (Å²) in [6.07, 6.45) is 9.05. The van der Waals surface area contributed by atoms with Gasteiger partial charge in [0.2, 0.25) is 5.91 Å². The van der Waals surface area contributed by atoms with Crippen molar-refractivity contribution in [2.75, 3.05) is 6.61 Å². The third-order valence-electron chi connectivity index (χ3n) is 4.83. The molecule has 1 atom stereocenters. The minimum absolute atomic E-state index is 0.171. The maximum absolute atomic E-state index is 12.4. The molecule has 0 aliphatic carbocycles. The summed E-state index contributed by atoms with van der Waals surface area (Å²) in [5.41, 5.74) is 6.29. The molecule has 0 heterocycles. The topological polar surface area (TPSA) is 98.5 Å². The third kappa shape index (κ3) is 12.7. The van der Waals surface area contributed by atoms with E-state index in [1.807, 2.05) is 30.3 Å². The molecule has 0 fully saturated rings. The molecule has 1 aromatic rings. The van der Waals surface area contributed by atoms with Gasteiger partial charge in [0, 0.05) is 12.8 Å². The van der Waals surface area contributed by atoms with Crippen molar-refractivity contribution in [3.05, 3.63) is 35.9 Å². The van der Waals surface area contributed by atoms with Crippen LogP contribution in [0.3, 0.4) is 0 Å². The number of nitrogens with two attached hydrogens (primary N) is 1. The number of carbonyl (C=O) groups excluding carboxylic acids is 3. The molecule has 6 heteroatoms. The number of nitrogens with one attached hydrogen (secondary N) is 1.